The Morgan fingerprint density at radius 2 is 1.53 bits per heavy atom. The van der Waals surface area contributed by atoms with Crippen LogP contribution in [0.3, 0.4) is 0 Å². The highest BCUT2D eigenvalue weighted by molar-refractivity contribution is 6.30. The van der Waals surface area contributed by atoms with Crippen molar-refractivity contribution < 1.29 is 9.53 Å². The summed E-state index contributed by atoms with van der Waals surface area (Å²) in [6.45, 7) is 8.32. The van der Waals surface area contributed by atoms with E-state index in [0.717, 1.165) is 23.4 Å². The van der Waals surface area contributed by atoms with Gasteiger partial charge in [0, 0.05) is 23.0 Å². The second-order valence-corrected chi connectivity index (χ2v) is 9.93. The fourth-order valence-electron chi connectivity index (χ4n) is 5.02. The molecular formula is C30H34ClNO2. The lowest BCUT2D eigenvalue weighted by Gasteiger charge is -2.30. The molecule has 4 rings (SSSR count). The Morgan fingerprint density at radius 1 is 0.882 bits per heavy atom. The lowest BCUT2D eigenvalue weighted by atomic mass is 9.72. The van der Waals surface area contributed by atoms with Crippen molar-refractivity contribution in [2.75, 3.05) is 26.2 Å². The van der Waals surface area contributed by atoms with Crippen molar-refractivity contribution in [2.24, 2.45) is 5.92 Å². The van der Waals surface area contributed by atoms with Gasteiger partial charge in [-0.2, -0.15) is 0 Å². The van der Waals surface area contributed by atoms with Crippen molar-refractivity contribution in [1.29, 1.82) is 0 Å². The van der Waals surface area contributed by atoms with E-state index in [1.165, 1.54) is 25.9 Å². The van der Waals surface area contributed by atoms with Crippen molar-refractivity contribution in [3.05, 3.63) is 101 Å². The molecule has 0 amide bonds. The maximum absolute atomic E-state index is 14.0. The van der Waals surface area contributed by atoms with Crippen LogP contribution in [0.4, 0.5) is 0 Å². The number of hydrogen-bond acceptors (Lipinski definition) is 3. The standard InChI is InChI=1S/C30H34ClNO2/c1-22(2)28(24-10-14-26(31)15-11-24)29(23-8-4-3-5-9-23)30(33)25-12-16-27(17-13-25)34-21-20-32-18-6-7-19-32/h3-5,8-17,22,28-29H,6-7,18-21H2,1-2H3/t28-,29+/m1/s1. The Balaban J connectivity index is 1.56. The molecule has 0 aromatic heterocycles. The average Bonchev–Trinajstić information content (AvgIpc) is 3.37. The first kappa shape index (κ1) is 24.5. The van der Waals surface area contributed by atoms with Crippen LogP contribution in [0.1, 0.15) is 60.0 Å². The summed E-state index contributed by atoms with van der Waals surface area (Å²) in [6.07, 6.45) is 2.57. The summed E-state index contributed by atoms with van der Waals surface area (Å²) < 4.78 is 5.95. The molecule has 1 saturated heterocycles. The van der Waals surface area contributed by atoms with Gasteiger partial charge in [-0.05, 0) is 79.4 Å². The number of carbonyl (C=O) groups is 1. The SMILES string of the molecule is CC(C)[C@H](c1ccc(Cl)cc1)[C@@H](C(=O)c1ccc(OCCN2CCCC2)cc1)c1ccccc1. The first-order chi connectivity index (χ1) is 16.5. The molecule has 0 radical (unpaired) electrons. The third-order valence-electron chi connectivity index (χ3n) is 6.79. The van der Waals surface area contributed by atoms with Gasteiger partial charge in [-0.15, -0.1) is 0 Å². The molecule has 3 aromatic rings. The van der Waals surface area contributed by atoms with Crippen molar-refractivity contribution in [3.8, 4) is 5.75 Å². The number of benzene rings is 3. The van der Waals surface area contributed by atoms with Crippen LogP contribution >= 0.6 is 11.6 Å². The molecule has 1 aliphatic heterocycles. The highest BCUT2D eigenvalue weighted by Gasteiger charge is 2.33. The predicted molar refractivity (Wildman–Crippen MR) is 140 cm³/mol. The van der Waals surface area contributed by atoms with Crippen LogP contribution in [0.2, 0.25) is 5.02 Å². The van der Waals surface area contributed by atoms with E-state index >= 15 is 0 Å². The lowest BCUT2D eigenvalue weighted by molar-refractivity contribution is 0.0936. The van der Waals surface area contributed by atoms with Gasteiger partial charge in [0.1, 0.15) is 12.4 Å². The van der Waals surface area contributed by atoms with Gasteiger partial charge in [-0.3, -0.25) is 9.69 Å². The maximum Gasteiger partial charge on any atom is 0.170 e. The topological polar surface area (TPSA) is 29.5 Å². The average molecular weight is 476 g/mol. The Hall–Kier alpha value is -2.62. The molecule has 1 fully saturated rings. The zero-order chi connectivity index (χ0) is 23.9. The monoisotopic (exact) mass is 475 g/mol. The van der Waals surface area contributed by atoms with Gasteiger partial charge in [0.2, 0.25) is 0 Å². The van der Waals surface area contributed by atoms with Crippen LogP contribution in [-0.2, 0) is 0 Å². The second-order valence-electron chi connectivity index (χ2n) is 9.50. The fraction of sp³-hybridized carbons (Fsp3) is 0.367. The smallest absolute Gasteiger partial charge is 0.170 e. The molecular weight excluding hydrogens is 442 g/mol. The van der Waals surface area contributed by atoms with E-state index in [4.69, 9.17) is 16.3 Å². The summed E-state index contributed by atoms with van der Waals surface area (Å²) in [4.78, 5) is 16.4. The number of Topliss-reactive ketones (excluding diaryl/α,β-unsaturated/α-hetero) is 1. The van der Waals surface area contributed by atoms with E-state index in [9.17, 15) is 4.79 Å². The lowest BCUT2D eigenvalue weighted by Crippen LogP contribution is -2.25. The Kier molecular flexibility index (Phi) is 8.42. The Morgan fingerprint density at radius 3 is 2.15 bits per heavy atom. The molecule has 3 aromatic carbocycles. The van der Waals surface area contributed by atoms with E-state index in [0.29, 0.717) is 17.2 Å². The Labute approximate surface area is 208 Å². The minimum absolute atomic E-state index is 0.0311. The summed E-state index contributed by atoms with van der Waals surface area (Å²) in [5, 5.41) is 0.703. The number of hydrogen-bond donors (Lipinski definition) is 0. The molecule has 1 heterocycles. The van der Waals surface area contributed by atoms with Crippen molar-refractivity contribution in [1.82, 2.24) is 4.90 Å². The minimum atomic E-state index is -0.288. The summed E-state index contributed by atoms with van der Waals surface area (Å²) in [7, 11) is 0. The second kappa shape index (κ2) is 11.7. The van der Waals surface area contributed by atoms with Crippen LogP contribution in [0.25, 0.3) is 0 Å². The number of nitrogens with zero attached hydrogens (tertiary/aromatic N) is 1. The number of rotatable bonds is 10. The van der Waals surface area contributed by atoms with Crippen LogP contribution in [-0.4, -0.2) is 36.9 Å². The van der Waals surface area contributed by atoms with E-state index in [2.05, 4.69) is 30.9 Å². The highest BCUT2D eigenvalue weighted by Crippen LogP contribution is 2.41. The molecule has 178 valence electrons. The molecule has 4 heteroatoms. The first-order valence-corrected chi connectivity index (χ1v) is 12.7. The summed E-state index contributed by atoms with van der Waals surface area (Å²) in [5.74, 6) is 0.949. The van der Waals surface area contributed by atoms with E-state index in [-0.39, 0.29) is 23.5 Å². The van der Waals surface area contributed by atoms with Gasteiger partial charge in [0.05, 0.1) is 5.92 Å². The quantitative estimate of drug-likeness (QED) is 0.290. The number of ether oxygens (including phenoxy) is 1. The molecule has 3 nitrogen and oxygen atoms in total. The zero-order valence-electron chi connectivity index (χ0n) is 20.1. The van der Waals surface area contributed by atoms with Gasteiger partial charge in [0.25, 0.3) is 0 Å². The molecule has 2 atom stereocenters. The largest absolute Gasteiger partial charge is 0.492 e. The molecule has 0 unspecified atom stereocenters. The molecule has 1 aliphatic rings. The number of ketones is 1. The van der Waals surface area contributed by atoms with Crippen LogP contribution < -0.4 is 4.74 Å². The molecule has 0 spiro atoms. The van der Waals surface area contributed by atoms with Gasteiger partial charge in [0.15, 0.2) is 5.78 Å². The van der Waals surface area contributed by atoms with Gasteiger partial charge >= 0.3 is 0 Å². The predicted octanol–water partition coefficient (Wildman–Crippen LogP) is 7.22. The fourth-order valence-corrected chi connectivity index (χ4v) is 5.15. The maximum atomic E-state index is 14.0. The van der Waals surface area contributed by atoms with Crippen LogP contribution in [0.5, 0.6) is 5.75 Å². The summed E-state index contributed by atoms with van der Waals surface area (Å²) in [5.41, 5.74) is 2.87. The molecule has 0 N–H and O–H groups in total. The molecule has 0 bridgehead atoms. The zero-order valence-corrected chi connectivity index (χ0v) is 20.9. The van der Waals surface area contributed by atoms with Gasteiger partial charge in [-0.25, -0.2) is 0 Å². The van der Waals surface area contributed by atoms with Crippen LogP contribution in [0.15, 0.2) is 78.9 Å². The van der Waals surface area contributed by atoms with Gasteiger partial charge in [-0.1, -0.05) is 67.9 Å². The highest BCUT2D eigenvalue weighted by atomic mass is 35.5. The first-order valence-electron chi connectivity index (χ1n) is 12.3. The van der Waals surface area contributed by atoms with E-state index < -0.39 is 0 Å². The van der Waals surface area contributed by atoms with Crippen molar-refractivity contribution in [3.63, 3.8) is 0 Å². The third kappa shape index (κ3) is 6.08. The number of halogens is 1. The normalized spacial score (nSPS) is 15.9. The van der Waals surface area contributed by atoms with Gasteiger partial charge < -0.3 is 4.74 Å². The molecule has 0 saturated carbocycles. The molecule has 34 heavy (non-hydrogen) atoms. The van der Waals surface area contributed by atoms with E-state index in [1.807, 2.05) is 66.7 Å². The molecule has 0 aliphatic carbocycles. The van der Waals surface area contributed by atoms with E-state index in [1.54, 1.807) is 0 Å². The Bertz CT molecular complexity index is 1040. The van der Waals surface area contributed by atoms with Crippen molar-refractivity contribution >= 4 is 17.4 Å². The number of carbonyl (C=O) groups excluding carboxylic acids is 1. The summed E-state index contributed by atoms with van der Waals surface area (Å²) >= 11 is 6.16. The summed E-state index contributed by atoms with van der Waals surface area (Å²) in [6, 6.07) is 25.7. The third-order valence-corrected chi connectivity index (χ3v) is 7.04. The minimum Gasteiger partial charge on any atom is -0.492 e. The number of likely N-dealkylation sites (tertiary alicyclic amines) is 1. The van der Waals surface area contributed by atoms with Crippen LogP contribution in [0, 0.1) is 5.92 Å². The van der Waals surface area contributed by atoms with Crippen molar-refractivity contribution in [2.45, 2.75) is 38.5 Å².